The zero-order valence-corrected chi connectivity index (χ0v) is 7.46. The van der Waals surface area contributed by atoms with E-state index >= 15 is 0 Å². The Hall–Kier alpha value is -0.460. The molecule has 0 aromatic heterocycles. The first kappa shape index (κ1) is 6.99. The maximum absolute atomic E-state index is 5.90. The van der Waals surface area contributed by atoms with Gasteiger partial charge in [-0.2, -0.15) is 0 Å². The minimum absolute atomic E-state index is 0.606. The van der Waals surface area contributed by atoms with Gasteiger partial charge in [-0.3, -0.25) is 0 Å². The molecule has 1 saturated heterocycles. The van der Waals surface area contributed by atoms with Crippen molar-refractivity contribution >= 4 is 0 Å². The third-order valence-corrected chi connectivity index (χ3v) is 3.40. The van der Waals surface area contributed by atoms with Crippen LogP contribution in [0.2, 0.25) is 0 Å². The van der Waals surface area contributed by atoms with Crippen molar-refractivity contribution in [3.8, 4) is 0 Å². The van der Waals surface area contributed by atoms with Crippen LogP contribution >= 0.6 is 0 Å². The third kappa shape index (κ3) is 1.16. The van der Waals surface area contributed by atoms with Crippen molar-refractivity contribution < 1.29 is 4.74 Å². The zero-order chi connectivity index (χ0) is 7.97. The highest BCUT2D eigenvalue weighted by Gasteiger charge is 2.36. The predicted molar refractivity (Wildman–Crippen MR) is 47.6 cm³/mol. The van der Waals surface area contributed by atoms with Crippen LogP contribution in [-0.4, -0.2) is 6.10 Å². The van der Waals surface area contributed by atoms with Crippen molar-refractivity contribution in [2.75, 3.05) is 0 Å². The molecule has 2 unspecified atom stereocenters. The first-order chi connectivity index (χ1) is 5.92. The molecular formula is C11H16O. The van der Waals surface area contributed by atoms with Crippen LogP contribution in [0.25, 0.3) is 0 Å². The van der Waals surface area contributed by atoms with Crippen LogP contribution in [0.15, 0.2) is 11.8 Å². The zero-order valence-electron chi connectivity index (χ0n) is 7.46. The molecule has 3 aliphatic rings. The summed E-state index contributed by atoms with van der Waals surface area (Å²) < 4.78 is 5.90. The average molecular weight is 164 g/mol. The van der Waals surface area contributed by atoms with Gasteiger partial charge in [0.1, 0.15) is 6.10 Å². The summed E-state index contributed by atoms with van der Waals surface area (Å²) in [5.74, 6) is 3.10. The molecule has 1 heteroatoms. The van der Waals surface area contributed by atoms with Crippen LogP contribution in [0.4, 0.5) is 0 Å². The van der Waals surface area contributed by atoms with Gasteiger partial charge < -0.3 is 4.74 Å². The maximum atomic E-state index is 5.90. The number of hydrogen-bond acceptors (Lipinski definition) is 1. The molecule has 0 spiro atoms. The second-order valence-electron chi connectivity index (χ2n) is 4.52. The molecule has 0 bridgehead atoms. The van der Waals surface area contributed by atoms with Gasteiger partial charge in [0, 0.05) is 12.3 Å². The standard InChI is InChI=1S/C11H16O/c1-2-9-7-10(6-8-4-5-8)12-11(9)3-1/h6,8-9,11H,1-5,7H2. The van der Waals surface area contributed by atoms with Gasteiger partial charge >= 0.3 is 0 Å². The summed E-state index contributed by atoms with van der Waals surface area (Å²) in [6, 6.07) is 0. The fourth-order valence-electron chi connectivity index (χ4n) is 2.53. The highest BCUT2D eigenvalue weighted by molar-refractivity contribution is 5.08. The van der Waals surface area contributed by atoms with E-state index in [0.29, 0.717) is 6.10 Å². The summed E-state index contributed by atoms with van der Waals surface area (Å²) in [5.41, 5.74) is 0. The van der Waals surface area contributed by atoms with Crippen LogP contribution in [0.1, 0.15) is 38.5 Å². The van der Waals surface area contributed by atoms with Gasteiger partial charge in [0.25, 0.3) is 0 Å². The van der Waals surface area contributed by atoms with E-state index in [1.165, 1.54) is 44.3 Å². The lowest BCUT2D eigenvalue weighted by Gasteiger charge is -2.06. The molecule has 0 radical (unpaired) electrons. The Bertz CT molecular complexity index is 201. The minimum Gasteiger partial charge on any atom is -0.495 e. The smallest absolute Gasteiger partial charge is 0.101 e. The topological polar surface area (TPSA) is 9.23 Å². The van der Waals surface area contributed by atoms with Crippen molar-refractivity contribution in [1.29, 1.82) is 0 Å². The molecule has 12 heavy (non-hydrogen) atoms. The molecule has 1 nitrogen and oxygen atoms in total. The highest BCUT2D eigenvalue weighted by atomic mass is 16.5. The van der Waals surface area contributed by atoms with Crippen molar-refractivity contribution in [1.82, 2.24) is 0 Å². The van der Waals surface area contributed by atoms with E-state index in [1.807, 2.05) is 0 Å². The molecule has 0 amide bonds. The monoisotopic (exact) mass is 164 g/mol. The Labute approximate surface area is 73.8 Å². The summed E-state index contributed by atoms with van der Waals surface area (Å²) in [6.45, 7) is 0. The first-order valence-corrected chi connectivity index (χ1v) is 5.29. The summed E-state index contributed by atoms with van der Waals surface area (Å²) in [5, 5.41) is 0. The van der Waals surface area contributed by atoms with Gasteiger partial charge in [-0.15, -0.1) is 0 Å². The summed E-state index contributed by atoms with van der Waals surface area (Å²) in [4.78, 5) is 0. The van der Waals surface area contributed by atoms with Gasteiger partial charge in [0.05, 0.1) is 5.76 Å². The molecule has 0 aromatic carbocycles. The minimum atomic E-state index is 0.606. The van der Waals surface area contributed by atoms with E-state index in [0.717, 1.165) is 11.8 Å². The second-order valence-corrected chi connectivity index (χ2v) is 4.52. The molecule has 3 rings (SSSR count). The fourth-order valence-corrected chi connectivity index (χ4v) is 2.53. The normalized spacial score (nSPS) is 43.2. The van der Waals surface area contributed by atoms with Gasteiger partial charge in [0.2, 0.25) is 0 Å². The fraction of sp³-hybridized carbons (Fsp3) is 0.818. The number of hydrogen-bond donors (Lipinski definition) is 0. The molecule has 66 valence electrons. The third-order valence-electron chi connectivity index (χ3n) is 3.40. The summed E-state index contributed by atoms with van der Waals surface area (Å²) >= 11 is 0. The molecule has 2 saturated carbocycles. The molecule has 3 fully saturated rings. The Morgan fingerprint density at radius 2 is 2.08 bits per heavy atom. The van der Waals surface area contributed by atoms with Crippen LogP contribution in [-0.2, 0) is 4.74 Å². The lowest BCUT2D eigenvalue weighted by atomic mass is 10.0. The Morgan fingerprint density at radius 3 is 2.83 bits per heavy atom. The lowest BCUT2D eigenvalue weighted by molar-refractivity contribution is 0.146. The van der Waals surface area contributed by atoms with E-state index < -0.39 is 0 Å². The lowest BCUT2D eigenvalue weighted by Crippen LogP contribution is -2.06. The molecule has 0 N–H and O–H groups in total. The number of rotatable bonds is 1. The number of fused-ring (bicyclic) bond motifs is 1. The largest absolute Gasteiger partial charge is 0.495 e. The van der Waals surface area contributed by atoms with Crippen LogP contribution < -0.4 is 0 Å². The SMILES string of the molecule is C(=C1CC2CCCC2O1)C1CC1. The van der Waals surface area contributed by atoms with E-state index in [-0.39, 0.29) is 0 Å². The van der Waals surface area contributed by atoms with Crippen molar-refractivity contribution in [2.45, 2.75) is 44.6 Å². The quantitative estimate of drug-likeness (QED) is 0.579. The van der Waals surface area contributed by atoms with Crippen molar-refractivity contribution in [3.05, 3.63) is 11.8 Å². The van der Waals surface area contributed by atoms with E-state index in [9.17, 15) is 0 Å². The predicted octanol–water partition coefficient (Wildman–Crippen LogP) is 2.87. The van der Waals surface area contributed by atoms with Crippen molar-refractivity contribution in [3.63, 3.8) is 0 Å². The molecule has 2 atom stereocenters. The van der Waals surface area contributed by atoms with Gasteiger partial charge in [-0.05, 0) is 44.1 Å². The van der Waals surface area contributed by atoms with Gasteiger partial charge in [-0.25, -0.2) is 0 Å². The van der Waals surface area contributed by atoms with Crippen LogP contribution in [0, 0.1) is 11.8 Å². The maximum Gasteiger partial charge on any atom is 0.101 e. The van der Waals surface area contributed by atoms with Gasteiger partial charge in [-0.1, -0.05) is 0 Å². The van der Waals surface area contributed by atoms with E-state index in [1.54, 1.807) is 0 Å². The molecule has 0 aromatic rings. The van der Waals surface area contributed by atoms with Gasteiger partial charge in [0.15, 0.2) is 0 Å². The average Bonchev–Trinajstić information content (AvgIpc) is 2.56. The number of ether oxygens (including phenoxy) is 1. The Balaban J connectivity index is 1.69. The van der Waals surface area contributed by atoms with E-state index in [2.05, 4.69) is 6.08 Å². The molecule has 1 heterocycles. The summed E-state index contributed by atoms with van der Waals surface area (Å²) in [7, 11) is 0. The number of allylic oxidation sites excluding steroid dienone is 2. The molecule has 2 aliphatic carbocycles. The first-order valence-electron chi connectivity index (χ1n) is 5.29. The van der Waals surface area contributed by atoms with E-state index in [4.69, 9.17) is 4.74 Å². The Kier molecular flexibility index (Phi) is 1.46. The highest BCUT2D eigenvalue weighted by Crippen LogP contribution is 2.42. The van der Waals surface area contributed by atoms with Crippen molar-refractivity contribution in [2.24, 2.45) is 11.8 Å². The second kappa shape index (κ2) is 2.51. The Morgan fingerprint density at radius 1 is 1.17 bits per heavy atom. The molecular weight excluding hydrogens is 148 g/mol. The van der Waals surface area contributed by atoms with Crippen LogP contribution in [0.5, 0.6) is 0 Å². The molecule has 1 aliphatic heterocycles. The van der Waals surface area contributed by atoms with Crippen LogP contribution in [0.3, 0.4) is 0 Å². The summed E-state index contributed by atoms with van der Waals surface area (Å²) in [6.07, 6.45) is 11.2.